The summed E-state index contributed by atoms with van der Waals surface area (Å²) in [6, 6.07) is 6.51. The van der Waals surface area contributed by atoms with E-state index in [1.54, 1.807) is 34.5 Å². The summed E-state index contributed by atoms with van der Waals surface area (Å²) in [6.07, 6.45) is 0.560. The van der Waals surface area contributed by atoms with Gasteiger partial charge in [0.05, 0.1) is 0 Å². The Morgan fingerprint density at radius 3 is 2.81 bits per heavy atom. The van der Waals surface area contributed by atoms with Gasteiger partial charge in [0.2, 0.25) is 5.91 Å². The number of aromatic nitrogens is 2. The van der Waals surface area contributed by atoms with E-state index in [0.29, 0.717) is 18.0 Å². The second-order valence-electron chi connectivity index (χ2n) is 4.57. The van der Waals surface area contributed by atoms with Gasteiger partial charge in [-0.3, -0.25) is 9.59 Å². The number of halogens is 1. The quantitative estimate of drug-likeness (QED) is 0.933. The highest BCUT2D eigenvalue weighted by Gasteiger charge is 2.34. The molecule has 2 amide bonds. The Morgan fingerprint density at radius 1 is 1.38 bits per heavy atom. The zero-order valence-corrected chi connectivity index (χ0v) is 12.4. The summed E-state index contributed by atoms with van der Waals surface area (Å²) >= 11 is 6.93. The van der Waals surface area contributed by atoms with Crippen LogP contribution in [-0.2, 0) is 4.79 Å². The molecule has 1 N–H and O–H groups in total. The molecule has 8 heteroatoms. The molecule has 1 saturated heterocycles. The SMILES string of the molecule is O=C(NC1CCN(c2ccc(Cl)cc2)C1=O)c1csnn1. The summed E-state index contributed by atoms with van der Waals surface area (Å²) in [5.41, 5.74) is 1.01. The van der Waals surface area contributed by atoms with E-state index in [1.165, 1.54) is 0 Å². The Morgan fingerprint density at radius 2 is 2.14 bits per heavy atom. The Balaban J connectivity index is 1.69. The van der Waals surface area contributed by atoms with Crippen LogP contribution in [0.3, 0.4) is 0 Å². The molecular formula is C13H11ClN4O2S. The number of nitrogens with zero attached hydrogens (tertiary/aromatic N) is 3. The summed E-state index contributed by atoms with van der Waals surface area (Å²) in [6.45, 7) is 0.556. The van der Waals surface area contributed by atoms with Crippen molar-refractivity contribution in [2.45, 2.75) is 12.5 Å². The van der Waals surface area contributed by atoms with Gasteiger partial charge in [0.15, 0.2) is 5.69 Å². The molecule has 2 heterocycles. The molecule has 108 valence electrons. The molecule has 2 aromatic rings. The van der Waals surface area contributed by atoms with Crippen LogP contribution in [0.1, 0.15) is 16.9 Å². The van der Waals surface area contributed by atoms with E-state index >= 15 is 0 Å². The highest BCUT2D eigenvalue weighted by molar-refractivity contribution is 7.03. The third-order valence-electron chi connectivity index (χ3n) is 3.24. The molecule has 0 radical (unpaired) electrons. The Hall–Kier alpha value is -1.99. The molecule has 1 fully saturated rings. The minimum Gasteiger partial charge on any atom is -0.339 e. The van der Waals surface area contributed by atoms with Crippen molar-refractivity contribution >= 4 is 40.6 Å². The van der Waals surface area contributed by atoms with Gasteiger partial charge in [-0.05, 0) is 42.2 Å². The lowest BCUT2D eigenvalue weighted by molar-refractivity contribution is -0.118. The standard InChI is InChI=1S/C13H11ClN4O2S/c14-8-1-3-9(4-2-8)18-6-5-10(13(18)20)15-12(19)11-7-21-17-16-11/h1-4,7,10H,5-6H2,(H,15,19). The zero-order valence-electron chi connectivity index (χ0n) is 10.8. The molecule has 1 aliphatic heterocycles. The van der Waals surface area contributed by atoms with Crippen LogP contribution in [0, 0.1) is 0 Å². The van der Waals surface area contributed by atoms with Gasteiger partial charge in [-0.2, -0.15) is 0 Å². The molecule has 6 nitrogen and oxygen atoms in total. The Bertz CT molecular complexity index is 659. The Labute approximate surface area is 129 Å². The smallest absolute Gasteiger partial charge is 0.273 e. The number of carbonyl (C=O) groups is 2. The van der Waals surface area contributed by atoms with Crippen molar-refractivity contribution in [3.05, 3.63) is 40.4 Å². The lowest BCUT2D eigenvalue weighted by Gasteiger charge is -2.17. The van der Waals surface area contributed by atoms with Crippen molar-refractivity contribution in [1.82, 2.24) is 14.9 Å². The minimum atomic E-state index is -0.533. The fourth-order valence-electron chi connectivity index (χ4n) is 2.19. The van der Waals surface area contributed by atoms with Crippen LogP contribution in [0.15, 0.2) is 29.6 Å². The van der Waals surface area contributed by atoms with Gasteiger partial charge in [0.25, 0.3) is 5.91 Å². The second kappa shape index (κ2) is 5.79. The van der Waals surface area contributed by atoms with E-state index in [0.717, 1.165) is 17.2 Å². The molecule has 0 aliphatic carbocycles. The molecule has 1 aliphatic rings. The van der Waals surface area contributed by atoms with Crippen molar-refractivity contribution in [3.63, 3.8) is 0 Å². The van der Waals surface area contributed by atoms with Crippen LogP contribution >= 0.6 is 23.1 Å². The highest BCUT2D eigenvalue weighted by Crippen LogP contribution is 2.23. The third-order valence-corrected chi connectivity index (χ3v) is 4.00. The predicted molar refractivity (Wildman–Crippen MR) is 79.6 cm³/mol. The van der Waals surface area contributed by atoms with Crippen molar-refractivity contribution in [2.24, 2.45) is 0 Å². The van der Waals surface area contributed by atoms with Crippen molar-refractivity contribution in [3.8, 4) is 0 Å². The van der Waals surface area contributed by atoms with E-state index in [2.05, 4.69) is 14.9 Å². The maximum atomic E-state index is 12.3. The molecule has 1 aromatic carbocycles. The largest absolute Gasteiger partial charge is 0.339 e. The maximum absolute atomic E-state index is 12.3. The number of nitrogens with one attached hydrogen (secondary N) is 1. The van der Waals surface area contributed by atoms with Crippen LogP contribution < -0.4 is 10.2 Å². The van der Waals surface area contributed by atoms with Crippen LogP contribution in [-0.4, -0.2) is 34.0 Å². The van der Waals surface area contributed by atoms with Crippen molar-refractivity contribution < 1.29 is 9.59 Å². The summed E-state index contributed by atoms with van der Waals surface area (Å²) in [5.74, 6) is -0.506. The van der Waals surface area contributed by atoms with Crippen LogP contribution in [0.25, 0.3) is 0 Å². The summed E-state index contributed by atoms with van der Waals surface area (Å²) < 4.78 is 3.63. The van der Waals surface area contributed by atoms with Gasteiger partial charge in [0, 0.05) is 22.6 Å². The second-order valence-corrected chi connectivity index (χ2v) is 5.62. The number of anilines is 1. The molecule has 1 aromatic heterocycles. The van der Waals surface area contributed by atoms with Crippen LogP contribution in [0.2, 0.25) is 5.02 Å². The molecule has 0 bridgehead atoms. The minimum absolute atomic E-state index is 0.131. The molecule has 1 atom stereocenters. The first kappa shape index (κ1) is 14.0. The van der Waals surface area contributed by atoms with Gasteiger partial charge < -0.3 is 10.2 Å². The first-order valence-corrected chi connectivity index (χ1v) is 7.51. The summed E-state index contributed by atoms with van der Waals surface area (Å²) in [7, 11) is 0. The number of benzene rings is 1. The first-order valence-electron chi connectivity index (χ1n) is 6.30. The van der Waals surface area contributed by atoms with Gasteiger partial charge >= 0.3 is 0 Å². The first-order chi connectivity index (χ1) is 10.1. The van der Waals surface area contributed by atoms with Crippen molar-refractivity contribution in [1.29, 1.82) is 0 Å². The lowest BCUT2D eigenvalue weighted by Crippen LogP contribution is -2.41. The van der Waals surface area contributed by atoms with Gasteiger partial charge in [-0.1, -0.05) is 16.1 Å². The van der Waals surface area contributed by atoms with Crippen LogP contribution in [0.4, 0.5) is 5.69 Å². The molecule has 0 spiro atoms. The average molecular weight is 323 g/mol. The topological polar surface area (TPSA) is 75.2 Å². The fraction of sp³-hybridized carbons (Fsp3) is 0.231. The number of carbonyl (C=O) groups excluding carboxylic acids is 2. The predicted octanol–water partition coefficient (Wildman–Crippen LogP) is 1.73. The lowest BCUT2D eigenvalue weighted by atomic mass is 10.2. The zero-order chi connectivity index (χ0) is 14.8. The highest BCUT2D eigenvalue weighted by atomic mass is 35.5. The number of rotatable bonds is 3. The Kier molecular flexibility index (Phi) is 3.85. The van der Waals surface area contributed by atoms with Gasteiger partial charge in [0.1, 0.15) is 6.04 Å². The summed E-state index contributed by atoms with van der Waals surface area (Å²) in [4.78, 5) is 25.9. The van der Waals surface area contributed by atoms with E-state index < -0.39 is 6.04 Å². The number of hydrogen-bond acceptors (Lipinski definition) is 5. The molecule has 3 rings (SSSR count). The van der Waals surface area contributed by atoms with Gasteiger partial charge in [-0.25, -0.2) is 0 Å². The van der Waals surface area contributed by atoms with E-state index in [1.807, 2.05) is 0 Å². The molecule has 21 heavy (non-hydrogen) atoms. The van der Waals surface area contributed by atoms with E-state index in [4.69, 9.17) is 11.6 Å². The normalized spacial score (nSPS) is 18.0. The van der Waals surface area contributed by atoms with E-state index in [-0.39, 0.29) is 17.5 Å². The molecule has 0 saturated carbocycles. The summed E-state index contributed by atoms with van der Waals surface area (Å²) in [5, 5.41) is 8.54. The van der Waals surface area contributed by atoms with Crippen LogP contribution in [0.5, 0.6) is 0 Å². The van der Waals surface area contributed by atoms with E-state index in [9.17, 15) is 9.59 Å². The third kappa shape index (κ3) is 2.88. The van der Waals surface area contributed by atoms with Gasteiger partial charge in [-0.15, -0.1) is 5.10 Å². The molecular weight excluding hydrogens is 312 g/mol. The average Bonchev–Trinajstić information content (AvgIpc) is 3.11. The maximum Gasteiger partial charge on any atom is 0.273 e. The number of hydrogen-bond donors (Lipinski definition) is 1. The number of amides is 2. The monoisotopic (exact) mass is 322 g/mol. The fourth-order valence-corrected chi connectivity index (χ4v) is 2.75. The van der Waals surface area contributed by atoms with Crippen molar-refractivity contribution in [2.75, 3.05) is 11.4 Å². The molecule has 1 unspecified atom stereocenters.